The zero-order valence-corrected chi connectivity index (χ0v) is 14.6. The predicted octanol–water partition coefficient (Wildman–Crippen LogP) is 3.59. The number of amides is 2. The molecule has 0 unspecified atom stereocenters. The third-order valence-corrected chi connectivity index (χ3v) is 4.17. The molecule has 1 saturated heterocycles. The van der Waals surface area contributed by atoms with Gasteiger partial charge in [-0.15, -0.1) is 0 Å². The second-order valence-corrected chi connectivity index (χ2v) is 6.41. The van der Waals surface area contributed by atoms with Crippen molar-refractivity contribution in [2.45, 2.75) is 12.8 Å². The average Bonchev–Trinajstić information content (AvgIpc) is 2.99. The van der Waals surface area contributed by atoms with Crippen LogP contribution in [0.4, 0.5) is 11.4 Å². The molecule has 0 bridgehead atoms. The lowest BCUT2D eigenvalue weighted by Crippen LogP contribution is -2.24. The number of hydrogen-bond acceptors (Lipinski definition) is 3. The molecule has 124 valence electrons. The SMILES string of the molecule is O=C(COc1cccc(Br)c1)Nc1cccc(N2CCCC2=O)c1. The zero-order chi connectivity index (χ0) is 16.9. The zero-order valence-electron chi connectivity index (χ0n) is 13.0. The fourth-order valence-corrected chi connectivity index (χ4v) is 2.95. The van der Waals surface area contributed by atoms with Crippen molar-refractivity contribution >= 4 is 39.1 Å². The second kappa shape index (κ2) is 7.49. The molecule has 1 heterocycles. The maximum absolute atomic E-state index is 12.0. The summed E-state index contributed by atoms with van der Waals surface area (Å²) in [5, 5.41) is 2.79. The van der Waals surface area contributed by atoms with Crippen LogP contribution in [0.3, 0.4) is 0 Å². The lowest BCUT2D eigenvalue weighted by Gasteiger charge is -2.16. The van der Waals surface area contributed by atoms with Gasteiger partial charge in [-0.25, -0.2) is 0 Å². The number of carbonyl (C=O) groups is 2. The van der Waals surface area contributed by atoms with Crippen molar-refractivity contribution in [1.82, 2.24) is 0 Å². The molecular formula is C18H17BrN2O3. The first-order chi connectivity index (χ1) is 11.6. The quantitative estimate of drug-likeness (QED) is 0.850. The van der Waals surface area contributed by atoms with E-state index in [9.17, 15) is 9.59 Å². The minimum absolute atomic E-state index is 0.0800. The molecule has 0 atom stereocenters. The maximum atomic E-state index is 12.0. The van der Waals surface area contributed by atoms with Crippen molar-refractivity contribution in [1.29, 1.82) is 0 Å². The fraction of sp³-hybridized carbons (Fsp3) is 0.222. The number of hydrogen-bond donors (Lipinski definition) is 1. The Morgan fingerprint density at radius 3 is 2.79 bits per heavy atom. The van der Waals surface area contributed by atoms with E-state index in [-0.39, 0.29) is 18.4 Å². The van der Waals surface area contributed by atoms with E-state index in [0.29, 0.717) is 17.9 Å². The summed E-state index contributed by atoms with van der Waals surface area (Å²) >= 11 is 3.36. The Hall–Kier alpha value is -2.34. The van der Waals surface area contributed by atoms with E-state index in [4.69, 9.17) is 4.74 Å². The Morgan fingerprint density at radius 1 is 1.21 bits per heavy atom. The Bertz CT molecular complexity index is 763. The second-order valence-electron chi connectivity index (χ2n) is 5.49. The maximum Gasteiger partial charge on any atom is 0.262 e. The number of rotatable bonds is 5. The van der Waals surface area contributed by atoms with Gasteiger partial charge in [0.15, 0.2) is 6.61 Å². The first-order valence-electron chi connectivity index (χ1n) is 7.70. The average molecular weight is 389 g/mol. The standard InChI is InChI=1S/C18H17BrN2O3/c19-13-4-1-7-16(10-13)24-12-17(22)20-14-5-2-6-15(11-14)21-9-3-8-18(21)23/h1-2,4-7,10-11H,3,8-9,12H2,(H,20,22). The molecule has 24 heavy (non-hydrogen) atoms. The summed E-state index contributed by atoms with van der Waals surface area (Å²) in [5.74, 6) is 0.493. The van der Waals surface area contributed by atoms with Crippen LogP contribution in [-0.2, 0) is 9.59 Å². The van der Waals surface area contributed by atoms with Crippen molar-refractivity contribution in [3.05, 3.63) is 53.0 Å². The van der Waals surface area contributed by atoms with Crippen molar-refractivity contribution in [3.63, 3.8) is 0 Å². The van der Waals surface area contributed by atoms with E-state index in [1.807, 2.05) is 24.3 Å². The molecule has 0 saturated carbocycles. The van der Waals surface area contributed by atoms with Crippen LogP contribution in [0.2, 0.25) is 0 Å². The van der Waals surface area contributed by atoms with E-state index in [1.54, 1.807) is 29.2 Å². The number of carbonyl (C=O) groups excluding carboxylic acids is 2. The van der Waals surface area contributed by atoms with Crippen LogP contribution in [0.25, 0.3) is 0 Å². The lowest BCUT2D eigenvalue weighted by molar-refractivity contribution is -0.118. The molecular weight excluding hydrogens is 372 g/mol. The predicted molar refractivity (Wildman–Crippen MR) is 96.3 cm³/mol. The van der Waals surface area contributed by atoms with Gasteiger partial charge in [-0.3, -0.25) is 9.59 Å². The van der Waals surface area contributed by atoms with Gasteiger partial charge in [0.05, 0.1) is 0 Å². The number of ether oxygens (including phenoxy) is 1. The minimum atomic E-state index is -0.250. The number of halogens is 1. The third-order valence-electron chi connectivity index (χ3n) is 3.68. The number of benzene rings is 2. The van der Waals surface area contributed by atoms with Crippen LogP contribution in [0.1, 0.15) is 12.8 Å². The van der Waals surface area contributed by atoms with Crippen LogP contribution in [-0.4, -0.2) is 25.0 Å². The molecule has 1 fully saturated rings. The third kappa shape index (κ3) is 4.14. The normalized spacial score (nSPS) is 13.9. The largest absolute Gasteiger partial charge is 0.484 e. The smallest absolute Gasteiger partial charge is 0.262 e. The molecule has 2 aromatic rings. The highest BCUT2D eigenvalue weighted by Gasteiger charge is 2.21. The molecule has 6 heteroatoms. The van der Waals surface area contributed by atoms with Crippen LogP contribution in [0.15, 0.2) is 53.0 Å². The van der Waals surface area contributed by atoms with Crippen molar-refractivity contribution in [2.75, 3.05) is 23.4 Å². The molecule has 0 spiro atoms. The lowest BCUT2D eigenvalue weighted by atomic mass is 10.2. The van der Waals surface area contributed by atoms with Gasteiger partial charge in [-0.2, -0.15) is 0 Å². The van der Waals surface area contributed by atoms with Gasteiger partial charge in [0.25, 0.3) is 5.91 Å². The molecule has 2 aromatic carbocycles. The van der Waals surface area contributed by atoms with E-state index in [2.05, 4.69) is 21.2 Å². The molecule has 0 radical (unpaired) electrons. The number of anilines is 2. The van der Waals surface area contributed by atoms with Crippen molar-refractivity contribution < 1.29 is 14.3 Å². The first-order valence-corrected chi connectivity index (χ1v) is 8.50. The monoisotopic (exact) mass is 388 g/mol. The van der Waals surface area contributed by atoms with Gasteiger partial charge in [-0.05, 0) is 42.8 Å². The summed E-state index contributed by atoms with van der Waals surface area (Å²) in [4.78, 5) is 25.6. The number of nitrogens with zero attached hydrogens (tertiary/aromatic N) is 1. The fourth-order valence-electron chi connectivity index (χ4n) is 2.58. The van der Waals surface area contributed by atoms with Gasteiger partial charge < -0.3 is 15.0 Å². The van der Waals surface area contributed by atoms with Crippen LogP contribution in [0, 0.1) is 0 Å². The van der Waals surface area contributed by atoms with Crippen molar-refractivity contribution in [2.24, 2.45) is 0 Å². The van der Waals surface area contributed by atoms with E-state index in [0.717, 1.165) is 23.1 Å². The molecule has 2 amide bonds. The molecule has 5 nitrogen and oxygen atoms in total. The Kier molecular flexibility index (Phi) is 5.15. The molecule has 1 aliphatic heterocycles. The summed E-state index contributed by atoms with van der Waals surface area (Å²) in [6.45, 7) is 0.644. The Morgan fingerprint density at radius 2 is 2.04 bits per heavy atom. The molecule has 0 aliphatic carbocycles. The van der Waals surface area contributed by atoms with Gasteiger partial charge in [0.1, 0.15) is 5.75 Å². The highest BCUT2D eigenvalue weighted by atomic mass is 79.9. The van der Waals surface area contributed by atoms with E-state index < -0.39 is 0 Å². The van der Waals surface area contributed by atoms with Gasteiger partial charge >= 0.3 is 0 Å². The molecule has 1 N–H and O–H groups in total. The summed E-state index contributed by atoms with van der Waals surface area (Å²) in [7, 11) is 0. The topological polar surface area (TPSA) is 58.6 Å². The molecule has 1 aliphatic rings. The minimum Gasteiger partial charge on any atom is -0.484 e. The van der Waals surface area contributed by atoms with E-state index >= 15 is 0 Å². The first kappa shape index (κ1) is 16.5. The van der Waals surface area contributed by atoms with Crippen LogP contribution < -0.4 is 15.0 Å². The van der Waals surface area contributed by atoms with Gasteiger partial charge in [-0.1, -0.05) is 28.1 Å². The summed E-state index contributed by atoms with van der Waals surface area (Å²) in [5.41, 5.74) is 1.46. The summed E-state index contributed by atoms with van der Waals surface area (Å²) < 4.78 is 6.35. The molecule has 3 rings (SSSR count). The van der Waals surface area contributed by atoms with Crippen molar-refractivity contribution in [3.8, 4) is 5.75 Å². The summed E-state index contributed by atoms with van der Waals surface area (Å²) in [6, 6.07) is 14.6. The Labute approximate surface area is 148 Å². The highest BCUT2D eigenvalue weighted by molar-refractivity contribution is 9.10. The molecule has 0 aromatic heterocycles. The Balaban J connectivity index is 1.59. The van der Waals surface area contributed by atoms with Gasteiger partial charge in [0, 0.05) is 28.8 Å². The number of nitrogens with one attached hydrogen (secondary N) is 1. The van der Waals surface area contributed by atoms with Crippen LogP contribution >= 0.6 is 15.9 Å². The summed E-state index contributed by atoms with van der Waals surface area (Å²) in [6.07, 6.45) is 1.45. The van der Waals surface area contributed by atoms with Gasteiger partial charge in [0.2, 0.25) is 5.91 Å². The van der Waals surface area contributed by atoms with Crippen LogP contribution in [0.5, 0.6) is 5.75 Å². The highest BCUT2D eigenvalue weighted by Crippen LogP contribution is 2.24. The van der Waals surface area contributed by atoms with E-state index in [1.165, 1.54) is 0 Å².